The van der Waals surface area contributed by atoms with Crippen molar-refractivity contribution in [2.45, 2.75) is 32.9 Å². The monoisotopic (exact) mass is 398 g/mol. The molecule has 0 spiro atoms. The van der Waals surface area contributed by atoms with Crippen molar-refractivity contribution in [3.8, 4) is 0 Å². The van der Waals surface area contributed by atoms with Gasteiger partial charge in [0, 0.05) is 32.7 Å². The minimum Gasteiger partial charge on any atom is -0.375 e. The number of likely N-dealkylation sites (N-methyl/N-ethyl adjacent to an activating group) is 1. The van der Waals surface area contributed by atoms with Crippen LogP contribution >= 0.6 is 24.8 Å². The van der Waals surface area contributed by atoms with E-state index in [1.165, 1.54) is 0 Å². The van der Waals surface area contributed by atoms with Crippen LogP contribution in [0.15, 0.2) is 0 Å². The second-order valence-electron chi connectivity index (χ2n) is 6.18. The van der Waals surface area contributed by atoms with Gasteiger partial charge in [-0.3, -0.25) is 14.5 Å². The summed E-state index contributed by atoms with van der Waals surface area (Å²) in [6.45, 7) is 12.1. The summed E-state index contributed by atoms with van der Waals surface area (Å²) in [5, 5.41) is 3.24. The molecule has 2 aliphatic heterocycles. The van der Waals surface area contributed by atoms with E-state index in [1.54, 1.807) is 0 Å². The number of hydrogen-bond acceptors (Lipinski definition) is 5. The van der Waals surface area contributed by atoms with Crippen molar-refractivity contribution in [2.75, 3.05) is 59.0 Å². The number of halogens is 2. The second-order valence-corrected chi connectivity index (χ2v) is 6.18. The molecule has 2 fully saturated rings. The number of piperazine rings is 1. The molecule has 0 aromatic heterocycles. The van der Waals surface area contributed by atoms with Crippen LogP contribution in [-0.2, 0) is 14.3 Å². The van der Waals surface area contributed by atoms with Crippen molar-refractivity contribution in [3.63, 3.8) is 0 Å². The number of nitrogens with one attached hydrogen (secondary N) is 1. The van der Waals surface area contributed by atoms with Gasteiger partial charge < -0.3 is 19.9 Å². The van der Waals surface area contributed by atoms with Crippen LogP contribution in [0.5, 0.6) is 0 Å². The van der Waals surface area contributed by atoms with Gasteiger partial charge in [0.15, 0.2) is 0 Å². The van der Waals surface area contributed by atoms with E-state index >= 15 is 0 Å². The van der Waals surface area contributed by atoms with Gasteiger partial charge >= 0.3 is 0 Å². The molecule has 2 rings (SSSR count). The molecule has 0 aliphatic carbocycles. The predicted molar refractivity (Wildman–Crippen MR) is 103 cm³/mol. The number of rotatable bonds is 5. The molecular weight excluding hydrogens is 367 g/mol. The van der Waals surface area contributed by atoms with Crippen LogP contribution in [0.1, 0.15) is 20.8 Å². The van der Waals surface area contributed by atoms with Gasteiger partial charge in [-0.15, -0.1) is 24.8 Å². The lowest BCUT2D eigenvalue weighted by Gasteiger charge is -2.39. The standard InChI is InChI=1S/C16H30N4O3.2ClH/c1-4-18(5-2)12-14(21)19-7-9-20(10-8-19)16(22)15-13(3)23-11-6-17-15;;/h13,15,17H,4-12H2,1-3H3;2*1H/t13-,15+;;/m1../s1. The number of carbonyl (C=O) groups is 2. The Morgan fingerprint density at radius 1 is 1.08 bits per heavy atom. The van der Waals surface area contributed by atoms with E-state index in [9.17, 15) is 9.59 Å². The summed E-state index contributed by atoms with van der Waals surface area (Å²) in [5.74, 6) is 0.251. The second kappa shape index (κ2) is 11.9. The van der Waals surface area contributed by atoms with Crippen molar-refractivity contribution >= 4 is 36.6 Å². The van der Waals surface area contributed by atoms with Crippen LogP contribution < -0.4 is 5.32 Å². The van der Waals surface area contributed by atoms with Crippen molar-refractivity contribution in [1.29, 1.82) is 0 Å². The molecule has 0 radical (unpaired) electrons. The van der Waals surface area contributed by atoms with E-state index in [4.69, 9.17) is 4.74 Å². The van der Waals surface area contributed by atoms with Crippen molar-refractivity contribution in [1.82, 2.24) is 20.0 Å². The average Bonchev–Trinajstić information content (AvgIpc) is 2.59. The maximum absolute atomic E-state index is 12.6. The highest BCUT2D eigenvalue weighted by Gasteiger charge is 2.33. The SMILES string of the molecule is CCN(CC)CC(=O)N1CCN(C(=O)[C@H]2NCCO[C@@H]2C)CC1.Cl.Cl. The van der Waals surface area contributed by atoms with Crippen LogP contribution in [0.2, 0.25) is 0 Å². The Hall–Kier alpha value is -0.600. The summed E-state index contributed by atoms with van der Waals surface area (Å²) in [6.07, 6.45) is -0.0985. The molecule has 7 nitrogen and oxygen atoms in total. The first-order chi connectivity index (χ1) is 11.1. The Bertz CT molecular complexity index is 416. The van der Waals surface area contributed by atoms with Crippen LogP contribution in [-0.4, -0.2) is 97.6 Å². The van der Waals surface area contributed by atoms with Gasteiger partial charge in [0.05, 0.1) is 19.3 Å². The molecule has 0 aromatic carbocycles. The first-order valence-electron chi connectivity index (χ1n) is 8.70. The van der Waals surface area contributed by atoms with Crippen LogP contribution in [0.25, 0.3) is 0 Å². The number of amides is 2. The number of morpholine rings is 1. The lowest BCUT2D eigenvalue weighted by molar-refractivity contribution is -0.145. The molecule has 2 heterocycles. The molecule has 0 saturated carbocycles. The fourth-order valence-electron chi connectivity index (χ4n) is 3.12. The van der Waals surface area contributed by atoms with Gasteiger partial charge in [0.1, 0.15) is 6.04 Å². The zero-order valence-electron chi connectivity index (χ0n) is 15.4. The smallest absolute Gasteiger partial charge is 0.242 e. The van der Waals surface area contributed by atoms with Gasteiger partial charge in [-0.05, 0) is 20.0 Å². The van der Waals surface area contributed by atoms with Crippen LogP contribution in [0, 0.1) is 0 Å². The first-order valence-corrected chi connectivity index (χ1v) is 8.70. The van der Waals surface area contributed by atoms with Crippen molar-refractivity contribution < 1.29 is 14.3 Å². The highest BCUT2D eigenvalue weighted by molar-refractivity contribution is 5.85. The minimum atomic E-state index is -0.262. The highest BCUT2D eigenvalue weighted by Crippen LogP contribution is 2.11. The van der Waals surface area contributed by atoms with Crippen LogP contribution in [0.4, 0.5) is 0 Å². The number of hydrogen-bond donors (Lipinski definition) is 1. The maximum Gasteiger partial charge on any atom is 0.242 e. The average molecular weight is 399 g/mol. The molecule has 1 N–H and O–H groups in total. The summed E-state index contributed by atoms with van der Waals surface area (Å²) in [7, 11) is 0. The topological polar surface area (TPSA) is 65.1 Å². The lowest BCUT2D eigenvalue weighted by atomic mass is 10.1. The van der Waals surface area contributed by atoms with E-state index < -0.39 is 0 Å². The van der Waals surface area contributed by atoms with E-state index in [-0.39, 0.29) is 48.8 Å². The molecule has 0 bridgehead atoms. The van der Waals surface area contributed by atoms with Gasteiger partial charge in [-0.1, -0.05) is 13.8 Å². The Labute approximate surface area is 163 Å². The molecule has 2 aliphatic rings. The molecule has 2 amide bonds. The summed E-state index contributed by atoms with van der Waals surface area (Å²) < 4.78 is 5.55. The normalized spacial score (nSPS) is 23.7. The number of carbonyl (C=O) groups excluding carboxylic acids is 2. The third kappa shape index (κ3) is 6.57. The summed E-state index contributed by atoms with van der Waals surface area (Å²) >= 11 is 0. The Balaban J connectivity index is 0.00000288. The predicted octanol–water partition coefficient (Wildman–Crippen LogP) is 0.220. The first kappa shape index (κ1) is 24.4. The third-order valence-electron chi connectivity index (χ3n) is 4.78. The molecular formula is C16H32Cl2N4O3. The third-order valence-corrected chi connectivity index (χ3v) is 4.78. The van der Waals surface area contributed by atoms with E-state index in [2.05, 4.69) is 24.1 Å². The van der Waals surface area contributed by atoms with Gasteiger partial charge in [0.2, 0.25) is 11.8 Å². The van der Waals surface area contributed by atoms with Crippen molar-refractivity contribution in [3.05, 3.63) is 0 Å². The molecule has 25 heavy (non-hydrogen) atoms. The summed E-state index contributed by atoms with van der Waals surface area (Å²) in [6, 6.07) is -0.262. The molecule has 2 atom stereocenters. The summed E-state index contributed by atoms with van der Waals surface area (Å²) in [5.41, 5.74) is 0. The molecule has 2 saturated heterocycles. The highest BCUT2D eigenvalue weighted by atomic mass is 35.5. The number of nitrogens with zero attached hydrogens (tertiary/aromatic N) is 3. The summed E-state index contributed by atoms with van der Waals surface area (Å²) in [4.78, 5) is 30.7. The van der Waals surface area contributed by atoms with E-state index in [1.807, 2.05) is 16.7 Å². The van der Waals surface area contributed by atoms with Gasteiger partial charge in [-0.25, -0.2) is 0 Å². The quantitative estimate of drug-likeness (QED) is 0.717. The zero-order chi connectivity index (χ0) is 16.8. The van der Waals surface area contributed by atoms with Gasteiger partial charge in [-0.2, -0.15) is 0 Å². The molecule has 0 unspecified atom stereocenters. The Morgan fingerprint density at radius 3 is 2.16 bits per heavy atom. The van der Waals surface area contributed by atoms with E-state index in [0.717, 1.165) is 13.1 Å². The van der Waals surface area contributed by atoms with Gasteiger partial charge in [0.25, 0.3) is 0 Å². The Morgan fingerprint density at radius 2 is 1.64 bits per heavy atom. The van der Waals surface area contributed by atoms with Crippen molar-refractivity contribution in [2.24, 2.45) is 0 Å². The fourth-order valence-corrected chi connectivity index (χ4v) is 3.12. The fraction of sp³-hybridized carbons (Fsp3) is 0.875. The maximum atomic E-state index is 12.6. The number of ether oxygens (including phenoxy) is 1. The molecule has 0 aromatic rings. The lowest BCUT2D eigenvalue weighted by Crippen LogP contribution is -2.60. The minimum absolute atomic E-state index is 0. The Kier molecular flexibility index (Phi) is 11.6. The molecule has 9 heteroatoms. The van der Waals surface area contributed by atoms with E-state index in [0.29, 0.717) is 45.9 Å². The largest absolute Gasteiger partial charge is 0.375 e. The van der Waals surface area contributed by atoms with Crippen LogP contribution in [0.3, 0.4) is 0 Å². The molecule has 148 valence electrons. The zero-order valence-corrected chi connectivity index (χ0v) is 17.0.